The van der Waals surface area contributed by atoms with Crippen LogP contribution in [0.1, 0.15) is 33.6 Å². The number of fused-ring (bicyclic) bond motifs is 1. The van der Waals surface area contributed by atoms with Gasteiger partial charge in [0.05, 0.1) is 11.4 Å². The zero-order chi connectivity index (χ0) is 24.0. The van der Waals surface area contributed by atoms with Crippen molar-refractivity contribution in [3.05, 3.63) is 24.3 Å². The number of hydrogen-bond donors (Lipinski definition) is 2. The van der Waals surface area contributed by atoms with Gasteiger partial charge in [0.2, 0.25) is 17.7 Å². The maximum absolute atomic E-state index is 12.6. The summed E-state index contributed by atoms with van der Waals surface area (Å²) >= 11 is 0. The van der Waals surface area contributed by atoms with Crippen molar-refractivity contribution >= 4 is 35.2 Å². The lowest BCUT2D eigenvalue weighted by molar-refractivity contribution is -0.125. The van der Waals surface area contributed by atoms with Gasteiger partial charge in [-0.1, -0.05) is 12.1 Å². The average molecular weight is 460 g/mol. The van der Waals surface area contributed by atoms with Gasteiger partial charge in [-0.3, -0.25) is 19.3 Å². The first kappa shape index (κ1) is 24.5. The SMILES string of the molecule is CC(C)(C)OC(=O)N1CCN(CCNC(=O)CCC(=O)N2CC(=O)Nc3ccccc32)CC1. The van der Waals surface area contributed by atoms with Crippen LogP contribution in [0, 0.1) is 0 Å². The smallest absolute Gasteiger partial charge is 0.410 e. The van der Waals surface area contributed by atoms with E-state index in [1.165, 1.54) is 4.90 Å². The minimum absolute atomic E-state index is 0.0298. The van der Waals surface area contributed by atoms with Crippen LogP contribution < -0.4 is 15.5 Å². The van der Waals surface area contributed by atoms with Crippen LogP contribution in [-0.2, 0) is 19.1 Å². The molecule has 1 aromatic rings. The van der Waals surface area contributed by atoms with Gasteiger partial charge >= 0.3 is 6.09 Å². The second-order valence-corrected chi connectivity index (χ2v) is 9.20. The second-order valence-electron chi connectivity index (χ2n) is 9.20. The quantitative estimate of drug-likeness (QED) is 0.666. The summed E-state index contributed by atoms with van der Waals surface area (Å²) in [5.74, 6) is -0.713. The van der Waals surface area contributed by atoms with Gasteiger partial charge in [0, 0.05) is 52.1 Å². The van der Waals surface area contributed by atoms with Gasteiger partial charge in [0.15, 0.2) is 0 Å². The Bertz CT molecular complexity index is 889. The van der Waals surface area contributed by atoms with Crippen molar-refractivity contribution in [2.24, 2.45) is 0 Å². The summed E-state index contributed by atoms with van der Waals surface area (Å²) in [6, 6.07) is 7.11. The molecule has 0 aliphatic carbocycles. The minimum Gasteiger partial charge on any atom is -0.444 e. The highest BCUT2D eigenvalue weighted by atomic mass is 16.6. The maximum atomic E-state index is 12.6. The molecule has 0 unspecified atom stereocenters. The zero-order valence-corrected chi connectivity index (χ0v) is 19.6. The fraction of sp³-hybridized carbons (Fsp3) is 0.565. The molecule has 2 N–H and O–H groups in total. The second kappa shape index (κ2) is 10.7. The van der Waals surface area contributed by atoms with Crippen LogP contribution in [0.3, 0.4) is 0 Å². The van der Waals surface area contributed by atoms with E-state index in [4.69, 9.17) is 4.74 Å². The molecule has 0 bridgehead atoms. The number of nitrogens with one attached hydrogen (secondary N) is 2. The summed E-state index contributed by atoms with van der Waals surface area (Å²) in [5, 5.41) is 5.59. The van der Waals surface area contributed by atoms with Crippen molar-refractivity contribution in [2.75, 3.05) is 56.0 Å². The molecular formula is C23H33N5O5. The van der Waals surface area contributed by atoms with E-state index in [9.17, 15) is 19.2 Å². The Kier molecular flexibility index (Phi) is 7.91. The number of carbonyl (C=O) groups is 4. The molecule has 10 nitrogen and oxygen atoms in total. The summed E-state index contributed by atoms with van der Waals surface area (Å²) < 4.78 is 5.40. The van der Waals surface area contributed by atoms with Crippen LogP contribution in [0.15, 0.2) is 24.3 Å². The number of ether oxygens (including phenoxy) is 1. The van der Waals surface area contributed by atoms with Gasteiger partial charge in [0.25, 0.3) is 0 Å². The molecule has 2 aliphatic heterocycles. The number of hydrogen-bond acceptors (Lipinski definition) is 6. The van der Waals surface area contributed by atoms with E-state index in [2.05, 4.69) is 15.5 Å². The predicted octanol–water partition coefficient (Wildman–Crippen LogP) is 1.42. The zero-order valence-electron chi connectivity index (χ0n) is 19.6. The summed E-state index contributed by atoms with van der Waals surface area (Å²) in [4.78, 5) is 54.1. The average Bonchev–Trinajstić information content (AvgIpc) is 2.76. The third-order valence-corrected chi connectivity index (χ3v) is 5.41. The number of rotatable bonds is 6. The van der Waals surface area contributed by atoms with Crippen LogP contribution in [0.5, 0.6) is 0 Å². The topological polar surface area (TPSA) is 111 Å². The first-order valence-electron chi connectivity index (χ1n) is 11.3. The molecule has 1 fully saturated rings. The molecule has 2 heterocycles. The molecule has 0 radical (unpaired) electrons. The first-order chi connectivity index (χ1) is 15.6. The van der Waals surface area contributed by atoms with Crippen molar-refractivity contribution in [1.82, 2.24) is 15.1 Å². The molecule has 0 aromatic heterocycles. The minimum atomic E-state index is -0.510. The molecule has 0 saturated carbocycles. The summed E-state index contributed by atoms with van der Waals surface area (Å²) in [5.41, 5.74) is 0.732. The van der Waals surface area contributed by atoms with Gasteiger partial charge < -0.3 is 25.2 Å². The van der Waals surface area contributed by atoms with E-state index >= 15 is 0 Å². The largest absolute Gasteiger partial charge is 0.444 e. The summed E-state index contributed by atoms with van der Waals surface area (Å²) in [6.45, 7) is 9.22. The number of piperazine rings is 1. The van der Waals surface area contributed by atoms with Crippen LogP contribution >= 0.6 is 0 Å². The van der Waals surface area contributed by atoms with Crippen molar-refractivity contribution < 1.29 is 23.9 Å². The van der Waals surface area contributed by atoms with Crippen LogP contribution in [-0.4, -0.2) is 85.0 Å². The number of para-hydroxylation sites is 2. The Labute approximate surface area is 194 Å². The van der Waals surface area contributed by atoms with Crippen molar-refractivity contribution in [3.8, 4) is 0 Å². The van der Waals surface area contributed by atoms with Crippen LogP contribution in [0.25, 0.3) is 0 Å². The molecular weight excluding hydrogens is 426 g/mol. The molecule has 10 heteroatoms. The number of benzene rings is 1. The molecule has 1 aromatic carbocycles. The highest BCUT2D eigenvalue weighted by Crippen LogP contribution is 2.29. The maximum Gasteiger partial charge on any atom is 0.410 e. The van der Waals surface area contributed by atoms with E-state index in [-0.39, 0.29) is 43.2 Å². The fourth-order valence-electron chi connectivity index (χ4n) is 3.73. The molecule has 33 heavy (non-hydrogen) atoms. The molecule has 3 rings (SSSR count). The predicted molar refractivity (Wildman–Crippen MR) is 124 cm³/mol. The molecule has 1 saturated heterocycles. The standard InChI is InChI=1S/C23H33N5O5/c1-23(2,3)33-22(32)27-14-12-26(13-15-27)11-10-24-19(29)8-9-21(31)28-16-20(30)25-17-6-4-5-7-18(17)28/h4-7H,8-16H2,1-3H3,(H,24,29)(H,25,30). The Hall–Kier alpha value is -3.14. The molecule has 0 spiro atoms. The number of nitrogens with zero attached hydrogens (tertiary/aromatic N) is 3. The molecule has 180 valence electrons. The van der Waals surface area contributed by atoms with E-state index in [0.717, 1.165) is 0 Å². The highest BCUT2D eigenvalue weighted by molar-refractivity contribution is 6.10. The van der Waals surface area contributed by atoms with Gasteiger partial charge in [-0.25, -0.2) is 4.79 Å². The third-order valence-electron chi connectivity index (χ3n) is 5.41. The lowest BCUT2D eigenvalue weighted by Gasteiger charge is -2.35. The van der Waals surface area contributed by atoms with Gasteiger partial charge in [-0.05, 0) is 32.9 Å². The molecule has 0 atom stereocenters. The normalized spacial score (nSPS) is 16.6. The third kappa shape index (κ3) is 7.18. The fourth-order valence-corrected chi connectivity index (χ4v) is 3.73. The van der Waals surface area contributed by atoms with Gasteiger partial charge in [0.1, 0.15) is 12.1 Å². The van der Waals surface area contributed by atoms with Gasteiger partial charge in [-0.2, -0.15) is 0 Å². The monoisotopic (exact) mass is 459 g/mol. The van der Waals surface area contributed by atoms with E-state index in [0.29, 0.717) is 50.6 Å². The van der Waals surface area contributed by atoms with E-state index < -0.39 is 5.60 Å². The Morgan fingerprint density at radius 1 is 1.06 bits per heavy atom. The van der Waals surface area contributed by atoms with Gasteiger partial charge in [-0.15, -0.1) is 0 Å². The number of anilines is 2. The Morgan fingerprint density at radius 2 is 1.76 bits per heavy atom. The number of carbonyl (C=O) groups excluding carboxylic acids is 4. The van der Waals surface area contributed by atoms with Crippen molar-refractivity contribution in [2.45, 2.75) is 39.2 Å². The summed E-state index contributed by atoms with van der Waals surface area (Å²) in [7, 11) is 0. The van der Waals surface area contributed by atoms with Crippen LogP contribution in [0.2, 0.25) is 0 Å². The van der Waals surface area contributed by atoms with Crippen LogP contribution in [0.4, 0.5) is 16.2 Å². The molecule has 2 aliphatic rings. The molecule has 4 amide bonds. The summed E-state index contributed by atoms with van der Waals surface area (Å²) in [6.07, 6.45) is -0.206. The highest BCUT2D eigenvalue weighted by Gasteiger charge is 2.27. The number of amides is 4. The van der Waals surface area contributed by atoms with E-state index in [1.807, 2.05) is 20.8 Å². The lowest BCUT2D eigenvalue weighted by atomic mass is 10.1. The Balaban J connectivity index is 1.34. The Morgan fingerprint density at radius 3 is 2.45 bits per heavy atom. The lowest BCUT2D eigenvalue weighted by Crippen LogP contribution is -2.51. The van der Waals surface area contributed by atoms with Crippen molar-refractivity contribution in [3.63, 3.8) is 0 Å². The van der Waals surface area contributed by atoms with E-state index in [1.54, 1.807) is 29.2 Å². The van der Waals surface area contributed by atoms with Crippen molar-refractivity contribution in [1.29, 1.82) is 0 Å². The first-order valence-corrected chi connectivity index (χ1v) is 11.3.